The van der Waals surface area contributed by atoms with Gasteiger partial charge in [0.05, 0.1) is 11.3 Å². The fourth-order valence-electron chi connectivity index (χ4n) is 2.81. The molecule has 3 rings (SSSR count). The Balaban J connectivity index is 2.38. The number of aromatic nitrogens is 1. The van der Waals surface area contributed by atoms with Crippen molar-refractivity contribution in [1.82, 2.24) is 4.98 Å². The van der Waals surface area contributed by atoms with E-state index in [9.17, 15) is 18.0 Å². The Kier molecular flexibility index (Phi) is 3.51. The molecule has 0 amide bonds. The minimum Gasteiger partial charge on any atom is -0.354 e. The predicted molar refractivity (Wildman–Crippen MR) is 83.6 cm³/mol. The van der Waals surface area contributed by atoms with Gasteiger partial charge in [0.1, 0.15) is 0 Å². The Labute approximate surface area is 130 Å². The molecule has 0 bridgehead atoms. The van der Waals surface area contributed by atoms with E-state index in [-0.39, 0.29) is 16.8 Å². The Bertz CT molecular complexity index is 907. The summed E-state index contributed by atoms with van der Waals surface area (Å²) in [5, 5.41) is 0.634. The van der Waals surface area contributed by atoms with Crippen molar-refractivity contribution in [2.75, 3.05) is 0 Å². The van der Waals surface area contributed by atoms with E-state index in [1.165, 1.54) is 18.2 Å². The number of carbonyl (C=O) groups excluding carboxylic acids is 1. The first-order chi connectivity index (χ1) is 10.8. The van der Waals surface area contributed by atoms with Gasteiger partial charge in [-0.05, 0) is 31.0 Å². The molecule has 118 valence electrons. The van der Waals surface area contributed by atoms with Crippen LogP contribution in [0.15, 0.2) is 36.4 Å². The van der Waals surface area contributed by atoms with Gasteiger partial charge in [-0.3, -0.25) is 4.79 Å². The normalized spacial score (nSPS) is 11.9. The molecule has 1 heterocycles. The molecule has 0 aliphatic carbocycles. The fourth-order valence-corrected chi connectivity index (χ4v) is 2.81. The minimum absolute atomic E-state index is 0.0182. The second-order valence-corrected chi connectivity index (χ2v) is 5.50. The summed E-state index contributed by atoms with van der Waals surface area (Å²) in [6.07, 6.45) is -3.88. The number of aryl methyl sites for hydroxylation is 2. The van der Waals surface area contributed by atoms with Crippen LogP contribution in [0.25, 0.3) is 22.2 Å². The first kappa shape index (κ1) is 15.3. The molecule has 0 saturated heterocycles. The minimum atomic E-state index is -4.49. The van der Waals surface area contributed by atoms with Crippen molar-refractivity contribution in [2.24, 2.45) is 0 Å². The molecule has 0 saturated carbocycles. The van der Waals surface area contributed by atoms with Gasteiger partial charge < -0.3 is 4.98 Å². The summed E-state index contributed by atoms with van der Waals surface area (Å²) >= 11 is 0. The van der Waals surface area contributed by atoms with Crippen LogP contribution in [0, 0.1) is 13.8 Å². The quantitative estimate of drug-likeness (QED) is 0.641. The standard InChI is InChI=1S/C18H14F3NO/c1-10-7-8-12-14(9-23)17(22-16(12)11(10)2)13-5-3-4-6-15(13)18(19,20)21/h3-9,22H,1-2H3. The number of benzene rings is 2. The SMILES string of the molecule is Cc1ccc2c(C=O)c(-c3ccccc3C(F)(F)F)[nH]c2c1C. The third-order valence-electron chi connectivity index (χ3n) is 4.17. The van der Waals surface area contributed by atoms with Gasteiger partial charge in [0.15, 0.2) is 6.29 Å². The molecule has 2 aromatic carbocycles. The number of halogens is 3. The van der Waals surface area contributed by atoms with E-state index in [1.807, 2.05) is 19.9 Å². The number of hydrogen-bond donors (Lipinski definition) is 1. The van der Waals surface area contributed by atoms with E-state index in [1.54, 1.807) is 6.07 Å². The summed E-state index contributed by atoms with van der Waals surface area (Å²) in [5.41, 5.74) is 2.29. The molecule has 1 aromatic heterocycles. The molecule has 0 spiro atoms. The van der Waals surface area contributed by atoms with Gasteiger partial charge in [-0.2, -0.15) is 13.2 Å². The van der Waals surface area contributed by atoms with Crippen molar-refractivity contribution in [3.63, 3.8) is 0 Å². The Hall–Kier alpha value is -2.56. The zero-order valence-electron chi connectivity index (χ0n) is 12.6. The number of aldehydes is 1. The van der Waals surface area contributed by atoms with Crippen LogP contribution in [0.2, 0.25) is 0 Å². The second-order valence-electron chi connectivity index (χ2n) is 5.50. The highest BCUT2D eigenvalue weighted by Gasteiger charge is 2.34. The van der Waals surface area contributed by atoms with Crippen molar-refractivity contribution in [2.45, 2.75) is 20.0 Å². The van der Waals surface area contributed by atoms with Crippen LogP contribution in [0.1, 0.15) is 27.0 Å². The summed E-state index contributed by atoms with van der Waals surface area (Å²) in [5.74, 6) is 0. The van der Waals surface area contributed by atoms with Crippen LogP contribution < -0.4 is 0 Å². The topological polar surface area (TPSA) is 32.9 Å². The molecule has 23 heavy (non-hydrogen) atoms. The Morgan fingerprint density at radius 1 is 1.04 bits per heavy atom. The molecule has 0 fully saturated rings. The Morgan fingerprint density at radius 3 is 2.39 bits per heavy atom. The van der Waals surface area contributed by atoms with Crippen molar-refractivity contribution in [1.29, 1.82) is 0 Å². The molecular formula is C18H14F3NO. The lowest BCUT2D eigenvalue weighted by Gasteiger charge is -2.12. The third-order valence-corrected chi connectivity index (χ3v) is 4.17. The van der Waals surface area contributed by atoms with Crippen molar-refractivity contribution in [3.8, 4) is 11.3 Å². The lowest BCUT2D eigenvalue weighted by atomic mass is 9.99. The first-order valence-electron chi connectivity index (χ1n) is 7.08. The molecular weight excluding hydrogens is 303 g/mol. The first-order valence-corrected chi connectivity index (χ1v) is 7.08. The molecule has 0 aliphatic heterocycles. The van der Waals surface area contributed by atoms with Crippen molar-refractivity contribution < 1.29 is 18.0 Å². The molecule has 1 N–H and O–H groups in total. The van der Waals surface area contributed by atoms with E-state index < -0.39 is 11.7 Å². The van der Waals surface area contributed by atoms with E-state index in [4.69, 9.17) is 0 Å². The summed E-state index contributed by atoms with van der Waals surface area (Å²) < 4.78 is 39.8. The summed E-state index contributed by atoms with van der Waals surface area (Å²) in [4.78, 5) is 14.6. The average molecular weight is 317 g/mol. The lowest BCUT2D eigenvalue weighted by Crippen LogP contribution is -2.07. The van der Waals surface area contributed by atoms with Crippen LogP contribution in [0.4, 0.5) is 13.2 Å². The molecule has 0 atom stereocenters. The highest BCUT2D eigenvalue weighted by Crippen LogP contribution is 2.39. The zero-order valence-corrected chi connectivity index (χ0v) is 12.6. The highest BCUT2D eigenvalue weighted by molar-refractivity contribution is 6.05. The third kappa shape index (κ3) is 2.42. The molecule has 0 radical (unpaired) electrons. The van der Waals surface area contributed by atoms with Gasteiger partial charge in [0.25, 0.3) is 0 Å². The molecule has 0 aliphatic rings. The smallest absolute Gasteiger partial charge is 0.354 e. The van der Waals surface area contributed by atoms with Gasteiger partial charge in [0.2, 0.25) is 0 Å². The van der Waals surface area contributed by atoms with Crippen LogP contribution in [0.3, 0.4) is 0 Å². The number of alkyl halides is 3. The highest BCUT2D eigenvalue weighted by atomic mass is 19.4. The van der Waals surface area contributed by atoms with E-state index in [0.29, 0.717) is 17.2 Å². The van der Waals surface area contributed by atoms with E-state index in [2.05, 4.69) is 4.98 Å². The number of H-pyrrole nitrogens is 1. The molecule has 3 aromatic rings. The van der Waals surface area contributed by atoms with Crippen LogP contribution in [-0.2, 0) is 6.18 Å². The summed E-state index contributed by atoms with van der Waals surface area (Å²) in [7, 11) is 0. The van der Waals surface area contributed by atoms with Gasteiger partial charge in [0, 0.05) is 22.0 Å². The number of fused-ring (bicyclic) bond motifs is 1. The number of nitrogens with one attached hydrogen (secondary N) is 1. The van der Waals surface area contributed by atoms with Gasteiger partial charge >= 0.3 is 6.18 Å². The number of rotatable bonds is 2. The van der Waals surface area contributed by atoms with Crippen LogP contribution >= 0.6 is 0 Å². The predicted octanol–water partition coefficient (Wildman–Crippen LogP) is 5.28. The van der Waals surface area contributed by atoms with Gasteiger partial charge in [-0.15, -0.1) is 0 Å². The average Bonchev–Trinajstić information content (AvgIpc) is 2.89. The zero-order chi connectivity index (χ0) is 16.8. The lowest BCUT2D eigenvalue weighted by molar-refractivity contribution is -0.137. The van der Waals surface area contributed by atoms with Gasteiger partial charge in [-0.25, -0.2) is 0 Å². The second kappa shape index (κ2) is 5.26. The maximum Gasteiger partial charge on any atom is 0.417 e. The monoisotopic (exact) mass is 317 g/mol. The molecule has 2 nitrogen and oxygen atoms in total. The van der Waals surface area contributed by atoms with Gasteiger partial charge in [-0.1, -0.05) is 30.3 Å². The van der Waals surface area contributed by atoms with E-state index >= 15 is 0 Å². The maximum absolute atomic E-state index is 13.3. The maximum atomic E-state index is 13.3. The van der Waals surface area contributed by atoms with Crippen LogP contribution in [-0.4, -0.2) is 11.3 Å². The van der Waals surface area contributed by atoms with Crippen molar-refractivity contribution in [3.05, 3.63) is 58.7 Å². The number of aromatic amines is 1. The van der Waals surface area contributed by atoms with Crippen LogP contribution in [0.5, 0.6) is 0 Å². The molecule has 0 unspecified atom stereocenters. The largest absolute Gasteiger partial charge is 0.417 e. The number of hydrogen-bond acceptors (Lipinski definition) is 1. The number of carbonyl (C=O) groups is 1. The Morgan fingerprint density at radius 2 is 1.74 bits per heavy atom. The molecule has 5 heteroatoms. The summed E-state index contributed by atoms with van der Waals surface area (Å²) in [6, 6.07) is 8.89. The van der Waals surface area contributed by atoms with Crippen molar-refractivity contribution >= 4 is 17.2 Å². The fraction of sp³-hybridized carbons (Fsp3) is 0.167. The summed E-state index contributed by atoms with van der Waals surface area (Å²) in [6.45, 7) is 3.79. The van der Waals surface area contributed by atoms with E-state index in [0.717, 1.165) is 17.2 Å².